The van der Waals surface area contributed by atoms with E-state index in [1.165, 1.54) is 0 Å². The third-order valence-electron chi connectivity index (χ3n) is 4.98. The fraction of sp³-hybridized carbons (Fsp3) is 0.111. The third-order valence-corrected chi connectivity index (χ3v) is 5.76. The van der Waals surface area contributed by atoms with Crippen LogP contribution in [0.1, 0.15) is 22.3 Å². The zero-order chi connectivity index (χ0) is 23.8. The Morgan fingerprint density at radius 3 is 2.58 bits per heavy atom. The normalized spacial score (nSPS) is 10.9. The van der Waals surface area contributed by atoms with Gasteiger partial charge in [-0.25, -0.2) is 0 Å². The Kier molecular flexibility index (Phi) is 8.32. The Morgan fingerprint density at radius 1 is 1.09 bits per heavy atom. The smallest absolute Gasteiger partial charge is 0.266 e. The molecule has 3 rings (SSSR count). The lowest BCUT2D eigenvalue weighted by Crippen LogP contribution is -2.14. The van der Waals surface area contributed by atoms with Gasteiger partial charge in [-0.3, -0.25) is 4.79 Å². The SMILES string of the molecule is C=CCc1cc(/C=C(\C#N)C(=O)Nc2cccc(Cl)c2C)ccc1OCc1ccccc1Cl. The van der Waals surface area contributed by atoms with Gasteiger partial charge in [0.15, 0.2) is 0 Å². The zero-order valence-electron chi connectivity index (χ0n) is 18.1. The van der Waals surface area contributed by atoms with Crippen LogP contribution in [0.2, 0.25) is 10.0 Å². The molecule has 0 aliphatic heterocycles. The van der Waals surface area contributed by atoms with Crippen molar-refractivity contribution in [2.45, 2.75) is 20.0 Å². The van der Waals surface area contributed by atoms with Gasteiger partial charge in [-0.05, 0) is 66.4 Å². The number of carbonyl (C=O) groups is 1. The van der Waals surface area contributed by atoms with Gasteiger partial charge in [-0.1, -0.05) is 59.6 Å². The molecule has 166 valence electrons. The van der Waals surface area contributed by atoms with E-state index in [0.717, 1.165) is 16.7 Å². The highest BCUT2D eigenvalue weighted by Gasteiger charge is 2.13. The molecule has 33 heavy (non-hydrogen) atoms. The summed E-state index contributed by atoms with van der Waals surface area (Å²) < 4.78 is 5.98. The molecule has 0 unspecified atom stereocenters. The maximum absolute atomic E-state index is 12.7. The Hall–Kier alpha value is -3.52. The molecule has 6 heteroatoms. The lowest BCUT2D eigenvalue weighted by molar-refractivity contribution is -0.112. The van der Waals surface area contributed by atoms with Crippen LogP contribution in [0.5, 0.6) is 5.75 Å². The molecule has 4 nitrogen and oxygen atoms in total. The molecular formula is C27H22Cl2N2O2. The van der Waals surface area contributed by atoms with Crippen LogP contribution in [0.4, 0.5) is 5.69 Å². The quantitative estimate of drug-likeness (QED) is 0.213. The lowest BCUT2D eigenvalue weighted by Gasteiger charge is -2.13. The second-order valence-corrected chi connectivity index (χ2v) is 8.09. The summed E-state index contributed by atoms with van der Waals surface area (Å²) in [6.07, 6.45) is 3.87. The van der Waals surface area contributed by atoms with Crippen molar-refractivity contribution in [3.8, 4) is 11.8 Å². The van der Waals surface area contributed by atoms with Gasteiger partial charge in [0, 0.05) is 21.3 Å². The van der Waals surface area contributed by atoms with Crippen LogP contribution in [0.25, 0.3) is 6.08 Å². The van der Waals surface area contributed by atoms with Gasteiger partial charge in [0.25, 0.3) is 5.91 Å². The highest BCUT2D eigenvalue weighted by molar-refractivity contribution is 6.32. The average molecular weight is 477 g/mol. The monoisotopic (exact) mass is 476 g/mol. The highest BCUT2D eigenvalue weighted by atomic mass is 35.5. The van der Waals surface area contributed by atoms with Crippen LogP contribution in [0, 0.1) is 18.3 Å². The number of nitrogens with zero attached hydrogens (tertiary/aromatic N) is 1. The van der Waals surface area contributed by atoms with Crippen LogP contribution in [0.3, 0.4) is 0 Å². The van der Waals surface area contributed by atoms with Gasteiger partial charge in [0.05, 0.1) is 0 Å². The van der Waals surface area contributed by atoms with Crippen molar-refractivity contribution in [2.75, 3.05) is 5.32 Å². The molecule has 0 spiro atoms. The first-order chi connectivity index (χ1) is 15.9. The second kappa shape index (κ2) is 11.4. The fourth-order valence-corrected chi connectivity index (χ4v) is 3.53. The Labute approximate surface area is 203 Å². The van der Waals surface area contributed by atoms with Crippen LogP contribution >= 0.6 is 23.2 Å². The summed E-state index contributed by atoms with van der Waals surface area (Å²) in [4.78, 5) is 12.7. The summed E-state index contributed by atoms with van der Waals surface area (Å²) in [7, 11) is 0. The van der Waals surface area contributed by atoms with Gasteiger partial charge in [-0.15, -0.1) is 6.58 Å². The molecule has 1 amide bonds. The van der Waals surface area contributed by atoms with Gasteiger partial charge < -0.3 is 10.1 Å². The second-order valence-electron chi connectivity index (χ2n) is 7.28. The van der Waals surface area contributed by atoms with Crippen molar-refractivity contribution < 1.29 is 9.53 Å². The largest absolute Gasteiger partial charge is 0.489 e. The van der Waals surface area contributed by atoms with Crippen LogP contribution in [0.15, 0.2) is 78.9 Å². The zero-order valence-corrected chi connectivity index (χ0v) is 19.6. The standard InChI is InChI=1S/C27H22Cl2N2O2/c1-3-7-20-14-19(12-13-26(20)33-17-21-8-4-5-9-24(21)29)15-22(16-30)27(32)31-25-11-6-10-23(28)18(25)2/h3-6,8-15H,1,7,17H2,2H3,(H,31,32)/b22-15+. The molecule has 0 fully saturated rings. The number of allylic oxidation sites excluding steroid dienone is 1. The summed E-state index contributed by atoms with van der Waals surface area (Å²) in [6.45, 7) is 5.93. The highest BCUT2D eigenvalue weighted by Crippen LogP contribution is 2.26. The molecule has 0 heterocycles. The van der Waals surface area contributed by atoms with Crippen molar-refractivity contribution in [3.63, 3.8) is 0 Å². The lowest BCUT2D eigenvalue weighted by atomic mass is 10.0. The average Bonchev–Trinajstić information content (AvgIpc) is 2.81. The van der Waals surface area contributed by atoms with E-state index in [1.807, 2.05) is 42.5 Å². The first kappa shape index (κ1) is 24.1. The van der Waals surface area contributed by atoms with Crippen molar-refractivity contribution in [1.29, 1.82) is 5.26 Å². The maximum atomic E-state index is 12.7. The molecule has 0 aliphatic rings. The number of nitriles is 1. The van der Waals surface area contributed by atoms with Crippen LogP contribution < -0.4 is 10.1 Å². The number of carbonyl (C=O) groups excluding carboxylic acids is 1. The van der Waals surface area contributed by atoms with E-state index in [1.54, 1.807) is 43.3 Å². The van der Waals surface area contributed by atoms with Crippen LogP contribution in [-0.4, -0.2) is 5.91 Å². The minimum Gasteiger partial charge on any atom is -0.489 e. The van der Waals surface area contributed by atoms with Crippen molar-refractivity contribution in [2.24, 2.45) is 0 Å². The minimum atomic E-state index is -0.507. The van der Waals surface area contributed by atoms with E-state index in [2.05, 4.69) is 11.9 Å². The first-order valence-electron chi connectivity index (χ1n) is 10.2. The molecule has 0 saturated carbocycles. The predicted molar refractivity (Wildman–Crippen MR) is 135 cm³/mol. The van der Waals surface area contributed by atoms with E-state index >= 15 is 0 Å². The van der Waals surface area contributed by atoms with Crippen molar-refractivity contribution in [1.82, 2.24) is 0 Å². The van der Waals surface area contributed by atoms with Crippen molar-refractivity contribution >= 4 is 40.9 Å². The number of hydrogen-bond acceptors (Lipinski definition) is 3. The molecule has 0 aliphatic carbocycles. The topological polar surface area (TPSA) is 62.1 Å². The molecular weight excluding hydrogens is 455 g/mol. The van der Waals surface area contributed by atoms with Gasteiger partial charge >= 0.3 is 0 Å². The predicted octanol–water partition coefficient (Wildman–Crippen LogP) is 7.16. The maximum Gasteiger partial charge on any atom is 0.266 e. The molecule has 0 atom stereocenters. The summed E-state index contributed by atoms with van der Waals surface area (Å²) in [5, 5.41) is 13.5. The first-order valence-corrected chi connectivity index (χ1v) is 11.0. The number of ether oxygens (including phenoxy) is 1. The number of amides is 1. The molecule has 0 bridgehead atoms. The number of anilines is 1. The van der Waals surface area contributed by atoms with Gasteiger partial charge in [0.2, 0.25) is 0 Å². The van der Waals surface area contributed by atoms with E-state index in [4.69, 9.17) is 27.9 Å². The van der Waals surface area contributed by atoms with Gasteiger partial charge in [0.1, 0.15) is 24.0 Å². The molecule has 0 aromatic heterocycles. The number of halogens is 2. The van der Waals surface area contributed by atoms with E-state index in [-0.39, 0.29) is 5.57 Å². The van der Waals surface area contributed by atoms with Crippen molar-refractivity contribution in [3.05, 3.63) is 111 Å². The fourth-order valence-electron chi connectivity index (χ4n) is 3.16. The summed E-state index contributed by atoms with van der Waals surface area (Å²) in [5.41, 5.74) is 3.74. The number of benzene rings is 3. The number of rotatable bonds is 8. The Balaban J connectivity index is 1.82. The van der Waals surface area contributed by atoms with E-state index in [0.29, 0.717) is 40.1 Å². The van der Waals surface area contributed by atoms with E-state index in [9.17, 15) is 10.1 Å². The molecule has 3 aromatic carbocycles. The third kappa shape index (κ3) is 6.26. The summed E-state index contributed by atoms with van der Waals surface area (Å²) in [5.74, 6) is 0.177. The summed E-state index contributed by atoms with van der Waals surface area (Å²) >= 11 is 12.3. The number of nitrogens with one attached hydrogen (secondary N) is 1. The molecule has 0 saturated heterocycles. The number of hydrogen-bond donors (Lipinski definition) is 1. The molecule has 1 N–H and O–H groups in total. The minimum absolute atomic E-state index is 0.0244. The van der Waals surface area contributed by atoms with Gasteiger partial charge in [-0.2, -0.15) is 5.26 Å². The molecule has 3 aromatic rings. The summed E-state index contributed by atoms with van der Waals surface area (Å²) in [6, 6.07) is 20.2. The van der Waals surface area contributed by atoms with Crippen LogP contribution in [-0.2, 0) is 17.8 Å². The molecule has 0 radical (unpaired) electrons. The van der Waals surface area contributed by atoms with E-state index < -0.39 is 5.91 Å². The Bertz CT molecular complexity index is 1260. The Morgan fingerprint density at radius 2 is 1.85 bits per heavy atom.